The van der Waals surface area contributed by atoms with Crippen molar-refractivity contribution < 1.29 is 9.90 Å². The number of carboxylic acid groups (broad SMARTS) is 1. The second kappa shape index (κ2) is 7.21. The van der Waals surface area contributed by atoms with Gasteiger partial charge in [0.05, 0.1) is 5.97 Å². The van der Waals surface area contributed by atoms with E-state index >= 15 is 0 Å². The maximum Gasteiger partial charge on any atom is 0.123 e. The van der Waals surface area contributed by atoms with Gasteiger partial charge in [-0.15, -0.1) is 11.3 Å². The van der Waals surface area contributed by atoms with Crippen LogP contribution in [0.15, 0.2) is 60.1 Å². The van der Waals surface area contributed by atoms with Gasteiger partial charge in [0.25, 0.3) is 0 Å². The predicted molar refractivity (Wildman–Crippen MR) is 113 cm³/mol. The van der Waals surface area contributed by atoms with Gasteiger partial charge in [-0.2, -0.15) is 0 Å². The van der Waals surface area contributed by atoms with Crippen molar-refractivity contribution in [3.05, 3.63) is 92.9 Å². The summed E-state index contributed by atoms with van der Waals surface area (Å²) in [5.74, 6) is -1.16. The Balaban J connectivity index is 1.68. The first-order valence-corrected chi connectivity index (χ1v) is 10.1. The second-order valence-electron chi connectivity index (χ2n) is 7.59. The first-order chi connectivity index (χ1) is 13.4. The zero-order chi connectivity index (χ0) is 19.7. The van der Waals surface area contributed by atoms with Gasteiger partial charge in [0, 0.05) is 17.2 Å². The number of carboxylic acids is 1. The Labute approximate surface area is 168 Å². The molecule has 28 heavy (non-hydrogen) atoms. The molecule has 1 aromatic heterocycles. The van der Waals surface area contributed by atoms with Gasteiger partial charge >= 0.3 is 0 Å². The molecule has 0 N–H and O–H groups in total. The molecule has 3 nitrogen and oxygen atoms in total. The molecule has 1 heterocycles. The lowest BCUT2D eigenvalue weighted by atomic mass is 9.73. The van der Waals surface area contributed by atoms with Crippen molar-refractivity contribution in [3.8, 4) is 0 Å². The van der Waals surface area contributed by atoms with Gasteiger partial charge in [0.1, 0.15) is 5.01 Å². The highest BCUT2D eigenvalue weighted by atomic mass is 32.1. The lowest BCUT2D eigenvalue weighted by Gasteiger charge is -2.31. The third-order valence-corrected chi connectivity index (χ3v) is 5.96. The third kappa shape index (κ3) is 3.56. The Bertz CT molecular complexity index is 1070. The summed E-state index contributed by atoms with van der Waals surface area (Å²) in [6, 6.07) is 13.3. The molecule has 0 saturated carbocycles. The Hall–Kier alpha value is -2.98. The molecule has 0 spiro atoms. The number of rotatable bonds is 4. The molecule has 0 fully saturated rings. The molecule has 140 valence electrons. The molecule has 0 unspecified atom stereocenters. The molecule has 1 aliphatic rings. The number of carbonyl (C=O) groups is 1. The summed E-state index contributed by atoms with van der Waals surface area (Å²) in [6.07, 6.45) is 9.18. The van der Waals surface area contributed by atoms with E-state index < -0.39 is 5.97 Å². The van der Waals surface area contributed by atoms with Crippen LogP contribution in [0.25, 0.3) is 17.7 Å². The van der Waals surface area contributed by atoms with Gasteiger partial charge in [-0.05, 0) is 45.7 Å². The fourth-order valence-corrected chi connectivity index (χ4v) is 4.23. The molecule has 0 radical (unpaired) electrons. The van der Waals surface area contributed by atoms with Crippen molar-refractivity contribution in [2.45, 2.75) is 25.7 Å². The molecule has 2 aromatic carbocycles. The Morgan fingerprint density at radius 2 is 1.82 bits per heavy atom. The van der Waals surface area contributed by atoms with E-state index in [4.69, 9.17) is 0 Å². The fourth-order valence-electron chi connectivity index (χ4n) is 3.54. The van der Waals surface area contributed by atoms with Gasteiger partial charge < -0.3 is 9.90 Å². The van der Waals surface area contributed by atoms with Crippen LogP contribution in [0, 0.1) is 0 Å². The van der Waals surface area contributed by atoms with E-state index in [1.165, 1.54) is 16.7 Å². The summed E-state index contributed by atoms with van der Waals surface area (Å²) in [5, 5.41) is 13.9. The number of carbonyl (C=O) groups excluding carboxylic acids is 1. The normalized spacial score (nSPS) is 15.3. The molecule has 0 atom stereocenters. The van der Waals surface area contributed by atoms with E-state index in [0.717, 1.165) is 22.6 Å². The topological polar surface area (TPSA) is 53.0 Å². The lowest BCUT2D eigenvalue weighted by molar-refractivity contribution is -0.255. The third-order valence-electron chi connectivity index (χ3n) is 5.16. The first-order valence-electron chi connectivity index (χ1n) is 9.18. The number of fused-ring (bicyclic) bond motifs is 1. The summed E-state index contributed by atoms with van der Waals surface area (Å²) < 4.78 is 0. The molecule has 0 saturated heterocycles. The standard InChI is InChI=1S/C24H21NO2S/c1-24(2)12-11-19(22-25-13-14-28-22)20-15-17(7-10-21(20)24)4-3-16-5-8-18(9-6-16)23(26)27/h3-11,13-15H,12H2,1-2H3,(H,26,27)/p-1/b4-3+. The minimum absolute atomic E-state index is 0.0963. The summed E-state index contributed by atoms with van der Waals surface area (Å²) in [5.41, 5.74) is 6.11. The lowest BCUT2D eigenvalue weighted by Crippen LogP contribution is -2.22. The maximum atomic E-state index is 10.9. The highest BCUT2D eigenvalue weighted by molar-refractivity contribution is 7.10. The van der Waals surface area contributed by atoms with Crippen LogP contribution in [0.2, 0.25) is 0 Å². The number of aromatic nitrogens is 1. The molecule has 4 heteroatoms. The van der Waals surface area contributed by atoms with Crippen LogP contribution in [-0.2, 0) is 5.41 Å². The largest absolute Gasteiger partial charge is 0.545 e. The van der Waals surface area contributed by atoms with Crippen LogP contribution in [-0.4, -0.2) is 11.0 Å². The summed E-state index contributed by atoms with van der Waals surface area (Å²) in [6.45, 7) is 4.55. The summed E-state index contributed by atoms with van der Waals surface area (Å²) >= 11 is 1.66. The number of allylic oxidation sites excluding steroid dienone is 1. The van der Waals surface area contributed by atoms with Gasteiger partial charge in [-0.3, -0.25) is 0 Å². The zero-order valence-electron chi connectivity index (χ0n) is 15.8. The monoisotopic (exact) mass is 386 g/mol. The number of hydrogen-bond donors (Lipinski definition) is 0. The molecule has 0 bridgehead atoms. The van der Waals surface area contributed by atoms with E-state index in [1.54, 1.807) is 35.6 Å². The number of aromatic carboxylic acids is 1. The number of benzene rings is 2. The molecule has 3 aromatic rings. The first kappa shape index (κ1) is 18.4. The minimum Gasteiger partial charge on any atom is -0.545 e. The average molecular weight is 386 g/mol. The van der Waals surface area contributed by atoms with Crippen LogP contribution in [0.5, 0.6) is 0 Å². The number of hydrogen-bond acceptors (Lipinski definition) is 4. The zero-order valence-corrected chi connectivity index (χ0v) is 16.6. The van der Waals surface area contributed by atoms with Gasteiger partial charge in [0.2, 0.25) is 0 Å². The summed E-state index contributed by atoms with van der Waals surface area (Å²) in [7, 11) is 0. The van der Waals surface area contributed by atoms with Crippen molar-refractivity contribution in [2.75, 3.05) is 0 Å². The van der Waals surface area contributed by atoms with Crippen LogP contribution in [0.1, 0.15) is 57.9 Å². The van der Waals surface area contributed by atoms with Gasteiger partial charge in [-0.1, -0.05) is 68.5 Å². The molecule has 0 amide bonds. The van der Waals surface area contributed by atoms with Crippen LogP contribution < -0.4 is 5.11 Å². The average Bonchev–Trinajstić information content (AvgIpc) is 3.21. The molecule has 0 aliphatic heterocycles. The summed E-state index contributed by atoms with van der Waals surface area (Å²) in [4.78, 5) is 15.4. The van der Waals surface area contributed by atoms with Crippen molar-refractivity contribution in [3.63, 3.8) is 0 Å². The van der Waals surface area contributed by atoms with E-state index in [1.807, 2.05) is 17.7 Å². The fraction of sp³-hybridized carbons (Fsp3) is 0.167. The second-order valence-corrected chi connectivity index (χ2v) is 8.49. The van der Waals surface area contributed by atoms with E-state index in [9.17, 15) is 9.90 Å². The quantitative estimate of drug-likeness (QED) is 0.606. The van der Waals surface area contributed by atoms with Crippen molar-refractivity contribution in [2.24, 2.45) is 0 Å². The van der Waals surface area contributed by atoms with Crippen LogP contribution >= 0.6 is 11.3 Å². The number of thiazole rings is 1. The Morgan fingerprint density at radius 3 is 2.50 bits per heavy atom. The maximum absolute atomic E-state index is 10.9. The van der Waals surface area contributed by atoms with Crippen LogP contribution in [0.3, 0.4) is 0 Å². The predicted octanol–water partition coefficient (Wildman–Crippen LogP) is 4.79. The molecular weight excluding hydrogens is 366 g/mol. The van der Waals surface area contributed by atoms with Crippen LogP contribution in [0.4, 0.5) is 0 Å². The highest BCUT2D eigenvalue weighted by Gasteiger charge is 2.29. The highest BCUT2D eigenvalue weighted by Crippen LogP contribution is 2.42. The SMILES string of the molecule is CC1(C)CC=C(c2nccs2)c2cc(/C=C/c3ccc(C(=O)[O-])cc3)ccc21. The number of nitrogens with zero attached hydrogens (tertiary/aromatic N) is 1. The van der Waals surface area contributed by atoms with E-state index in [0.29, 0.717) is 0 Å². The smallest absolute Gasteiger partial charge is 0.123 e. The van der Waals surface area contributed by atoms with Crippen molar-refractivity contribution in [1.29, 1.82) is 0 Å². The van der Waals surface area contributed by atoms with Gasteiger partial charge in [0.15, 0.2) is 0 Å². The van der Waals surface area contributed by atoms with Crippen molar-refractivity contribution >= 4 is 35.0 Å². The van der Waals surface area contributed by atoms with E-state index in [-0.39, 0.29) is 11.0 Å². The van der Waals surface area contributed by atoms with Gasteiger partial charge in [-0.25, -0.2) is 4.98 Å². The van der Waals surface area contributed by atoms with E-state index in [2.05, 4.69) is 49.2 Å². The Kier molecular flexibility index (Phi) is 4.73. The minimum atomic E-state index is -1.16. The molecule has 1 aliphatic carbocycles. The Morgan fingerprint density at radius 1 is 1.11 bits per heavy atom. The van der Waals surface area contributed by atoms with Crippen molar-refractivity contribution in [1.82, 2.24) is 4.98 Å². The molecule has 4 rings (SSSR count). The molecular formula is C24H20NO2S-.